The molecule has 1 atom stereocenters. The average Bonchev–Trinajstić information content (AvgIpc) is 2.60. The summed E-state index contributed by atoms with van der Waals surface area (Å²) in [4.78, 5) is 12.9. The monoisotopic (exact) mass is 326 g/mol. The standard InChI is InChI=1S/C19H22N2O3/c1-21(13-14-5-3-2-4-6-14)16-7-8-17-15(12-20-19(22)23)9-10-24-18(17)11-16/h2-8,11,15,20H,9-10,12-13H2,1H3,(H,22,23). The van der Waals surface area contributed by atoms with Crippen LogP contribution in [0.3, 0.4) is 0 Å². The zero-order chi connectivity index (χ0) is 16.9. The van der Waals surface area contributed by atoms with Gasteiger partial charge in [-0.2, -0.15) is 0 Å². The molecule has 0 fully saturated rings. The predicted molar refractivity (Wildman–Crippen MR) is 93.9 cm³/mol. The molecule has 1 aliphatic heterocycles. The number of anilines is 1. The van der Waals surface area contributed by atoms with Gasteiger partial charge in [-0.15, -0.1) is 0 Å². The molecular formula is C19H22N2O3. The molecule has 0 bridgehead atoms. The fourth-order valence-electron chi connectivity index (χ4n) is 3.06. The molecule has 5 heteroatoms. The predicted octanol–water partition coefficient (Wildman–Crippen LogP) is 3.46. The van der Waals surface area contributed by atoms with Crippen LogP contribution in [0.2, 0.25) is 0 Å². The smallest absolute Gasteiger partial charge is 0.404 e. The molecule has 24 heavy (non-hydrogen) atoms. The van der Waals surface area contributed by atoms with E-state index in [1.54, 1.807) is 0 Å². The molecule has 0 saturated heterocycles. The van der Waals surface area contributed by atoms with Crippen molar-refractivity contribution in [2.45, 2.75) is 18.9 Å². The van der Waals surface area contributed by atoms with E-state index >= 15 is 0 Å². The van der Waals surface area contributed by atoms with Crippen molar-refractivity contribution in [3.63, 3.8) is 0 Å². The minimum atomic E-state index is -0.984. The Morgan fingerprint density at radius 3 is 2.83 bits per heavy atom. The van der Waals surface area contributed by atoms with E-state index in [2.05, 4.69) is 41.5 Å². The Balaban J connectivity index is 1.74. The third kappa shape index (κ3) is 3.79. The molecular weight excluding hydrogens is 304 g/mol. The highest BCUT2D eigenvalue weighted by Crippen LogP contribution is 2.36. The van der Waals surface area contributed by atoms with Crippen molar-refractivity contribution in [3.05, 3.63) is 59.7 Å². The third-order valence-electron chi connectivity index (χ3n) is 4.36. The summed E-state index contributed by atoms with van der Waals surface area (Å²) in [6.45, 7) is 1.86. The Hall–Kier alpha value is -2.69. The van der Waals surface area contributed by atoms with Crippen LogP contribution < -0.4 is 15.0 Å². The van der Waals surface area contributed by atoms with Crippen LogP contribution in [0.1, 0.15) is 23.5 Å². The number of carbonyl (C=O) groups is 1. The van der Waals surface area contributed by atoms with Crippen molar-refractivity contribution in [2.75, 3.05) is 25.1 Å². The minimum Gasteiger partial charge on any atom is -0.493 e. The fraction of sp³-hybridized carbons (Fsp3) is 0.316. The van der Waals surface area contributed by atoms with Crippen molar-refractivity contribution in [2.24, 2.45) is 0 Å². The molecule has 126 valence electrons. The number of amides is 1. The van der Waals surface area contributed by atoms with Gasteiger partial charge in [0.1, 0.15) is 5.75 Å². The van der Waals surface area contributed by atoms with Gasteiger partial charge in [-0.05, 0) is 23.6 Å². The van der Waals surface area contributed by atoms with E-state index in [0.717, 1.165) is 30.0 Å². The summed E-state index contributed by atoms with van der Waals surface area (Å²) < 4.78 is 5.80. The highest BCUT2D eigenvalue weighted by Gasteiger charge is 2.22. The number of nitrogens with zero attached hydrogens (tertiary/aromatic N) is 1. The van der Waals surface area contributed by atoms with Crippen LogP contribution in [0.5, 0.6) is 5.75 Å². The number of nitrogens with one attached hydrogen (secondary N) is 1. The Bertz CT molecular complexity index is 703. The molecule has 2 N–H and O–H groups in total. The average molecular weight is 326 g/mol. The van der Waals surface area contributed by atoms with Gasteiger partial charge in [0.25, 0.3) is 0 Å². The molecule has 0 aliphatic carbocycles. The van der Waals surface area contributed by atoms with Gasteiger partial charge in [-0.1, -0.05) is 36.4 Å². The number of hydrogen-bond acceptors (Lipinski definition) is 3. The second-order valence-electron chi connectivity index (χ2n) is 6.08. The zero-order valence-corrected chi connectivity index (χ0v) is 13.7. The van der Waals surface area contributed by atoms with Crippen LogP contribution in [0.25, 0.3) is 0 Å². The van der Waals surface area contributed by atoms with Crippen LogP contribution in [0.4, 0.5) is 10.5 Å². The summed E-state index contributed by atoms with van der Waals surface area (Å²) in [6.07, 6.45) is -0.158. The highest BCUT2D eigenvalue weighted by atomic mass is 16.5. The van der Waals surface area contributed by atoms with Crippen LogP contribution in [0.15, 0.2) is 48.5 Å². The summed E-state index contributed by atoms with van der Waals surface area (Å²) in [5.41, 5.74) is 3.42. The van der Waals surface area contributed by atoms with E-state index in [1.165, 1.54) is 5.56 Å². The molecule has 0 saturated carbocycles. The summed E-state index contributed by atoms with van der Waals surface area (Å²) in [6, 6.07) is 16.5. The number of hydrogen-bond donors (Lipinski definition) is 2. The second-order valence-corrected chi connectivity index (χ2v) is 6.08. The first-order valence-corrected chi connectivity index (χ1v) is 8.12. The molecule has 2 aromatic carbocycles. The molecule has 0 radical (unpaired) electrons. The first-order valence-electron chi connectivity index (χ1n) is 8.12. The molecule has 1 unspecified atom stereocenters. The molecule has 1 amide bonds. The number of fused-ring (bicyclic) bond motifs is 1. The van der Waals surface area contributed by atoms with E-state index in [9.17, 15) is 4.79 Å². The minimum absolute atomic E-state index is 0.165. The largest absolute Gasteiger partial charge is 0.493 e. The van der Waals surface area contributed by atoms with Crippen molar-refractivity contribution >= 4 is 11.8 Å². The SMILES string of the molecule is CN(Cc1ccccc1)c1ccc2c(c1)OCCC2CNC(=O)O. The van der Waals surface area contributed by atoms with Crippen molar-refractivity contribution in [1.29, 1.82) is 0 Å². The maximum absolute atomic E-state index is 10.7. The van der Waals surface area contributed by atoms with Gasteiger partial charge in [-0.25, -0.2) is 4.79 Å². The van der Waals surface area contributed by atoms with Crippen molar-refractivity contribution in [3.8, 4) is 5.75 Å². The quantitative estimate of drug-likeness (QED) is 0.883. The van der Waals surface area contributed by atoms with E-state index in [1.807, 2.05) is 24.3 Å². The lowest BCUT2D eigenvalue weighted by molar-refractivity contribution is 0.191. The van der Waals surface area contributed by atoms with Gasteiger partial charge in [-0.3, -0.25) is 0 Å². The molecule has 0 aromatic heterocycles. The maximum Gasteiger partial charge on any atom is 0.404 e. The Labute approximate surface area is 141 Å². The number of ether oxygens (including phenoxy) is 1. The first kappa shape index (κ1) is 16.2. The second kappa shape index (κ2) is 7.25. The van der Waals surface area contributed by atoms with Crippen LogP contribution in [-0.4, -0.2) is 31.4 Å². The zero-order valence-electron chi connectivity index (χ0n) is 13.7. The fourth-order valence-corrected chi connectivity index (χ4v) is 3.06. The molecule has 0 spiro atoms. The summed E-state index contributed by atoms with van der Waals surface area (Å²) >= 11 is 0. The van der Waals surface area contributed by atoms with Gasteiger partial charge in [0.15, 0.2) is 0 Å². The van der Waals surface area contributed by atoms with Crippen molar-refractivity contribution in [1.82, 2.24) is 5.32 Å². The lowest BCUT2D eigenvalue weighted by Gasteiger charge is -2.28. The van der Waals surface area contributed by atoms with Crippen LogP contribution in [-0.2, 0) is 6.54 Å². The molecule has 5 nitrogen and oxygen atoms in total. The Kier molecular flexibility index (Phi) is 4.89. The Morgan fingerprint density at radius 2 is 2.08 bits per heavy atom. The number of rotatable bonds is 5. The Morgan fingerprint density at radius 1 is 1.29 bits per heavy atom. The maximum atomic E-state index is 10.7. The summed E-state index contributed by atoms with van der Waals surface area (Å²) in [5.74, 6) is 1.02. The van der Waals surface area contributed by atoms with Gasteiger partial charge >= 0.3 is 6.09 Å². The number of carboxylic acid groups (broad SMARTS) is 1. The summed E-state index contributed by atoms with van der Waals surface area (Å²) in [5, 5.41) is 11.3. The lowest BCUT2D eigenvalue weighted by Crippen LogP contribution is -2.29. The molecule has 2 aromatic rings. The van der Waals surface area contributed by atoms with E-state index in [-0.39, 0.29) is 5.92 Å². The van der Waals surface area contributed by atoms with Crippen LogP contribution in [0, 0.1) is 0 Å². The summed E-state index contributed by atoms with van der Waals surface area (Å²) in [7, 11) is 2.06. The molecule has 1 heterocycles. The van der Waals surface area contributed by atoms with Gasteiger partial charge in [0, 0.05) is 37.8 Å². The van der Waals surface area contributed by atoms with Gasteiger partial charge in [0.05, 0.1) is 6.61 Å². The van der Waals surface area contributed by atoms with E-state index in [0.29, 0.717) is 13.2 Å². The topological polar surface area (TPSA) is 61.8 Å². The van der Waals surface area contributed by atoms with Gasteiger partial charge in [0.2, 0.25) is 0 Å². The van der Waals surface area contributed by atoms with Gasteiger partial charge < -0.3 is 20.1 Å². The van der Waals surface area contributed by atoms with Crippen molar-refractivity contribution < 1.29 is 14.6 Å². The molecule has 1 aliphatic rings. The normalized spacial score (nSPS) is 16.0. The van der Waals surface area contributed by atoms with E-state index < -0.39 is 6.09 Å². The van der Waals surface area contributed by atoms with Crippen LogP contribution >= 0.6 is 0 Å². The first-order chi connectivity index (χ1) is 11.6. The highest BCUT2D eigenvalue weighted by molar-refractivity contribution is 5.64. The lowest BCUT2D eigenvalue weighted by atomic mass is 9.92. The number of benzene rings is 2. The van der Waals surface area contributed by atoms with E-state index in [4.69, 9.17) is 9.84 Å². The molecule has 3 rings (SSSR count). The third-order valence-corrected chi connectivity index (χ3v) is 4.36.